The lowest BCUT2D eigenvalue weighted by atomic mass is 9.97. The summed E-state index contributed by atoms with van der Waals surface area (Å²) in [5.41, 5.74) is 1.82. The fourth-order valence-electron chi connectivity index (χ4n) is 3.98. The van der Waals surface area contributed by atoms with Crippen molar-refractivity contribution >= 4 is 23.2 Å². The topological polar surface area (TPSA) is 68.8 Å². The van der Waals surface area contributed by atoms with E-state index in [1.807, 2.05) is 36.6 Å². The molecule has 3 N–H and O–H groups in total. The molecule has 1 fully saturated rings. The molecule has 1 aromatic carbocycles. The van der Waals surface area contributed by atoms with Gasteiger partial charge in [0.15, 0.2) is 5.96 Å². The van der Waals surface area contributed by atoms with E-state index in [-0.39, 0.29) is 5.91 Å². The fraction of sp³-hybridized carbons (Fsp3) is 0.500. The Morgan fingerprint density at radius 3 is 2.71 bits per heavy atom. The maximum Gasteiger partial charge on any atom is 0.251 e. The molecule has 7 heteroatoms. The van der Waals surface area contributed by atoms with Crippen molar-refractivity contribution < 1.29 is 4.79 Å². The van der Waals surface area contributed by atoms with Crippen LogP contribution in [0, 0.1) is 5.92 Å². The largest absolute Gasteiger partial charge is 0.356 e. The van der Waals surface area contributed by atoms with E-state index < -0.39 is 0 Å². The van der Waals surface area contributed by atoms with Gasteiger partial charge in [0.2, 0.25) is 0 Å². The highest BCUT2D eigenvalue weighted by molar-refractivity contribution is 7.10. The lowest BCUT2D eigenvalue weighted by Crippen LogP contribution is -2.45. The molecule has 1 atom stereocenters. The number of amides is 1. The number of nitrogens with zero attached hydrogens (tertiary/aromatic N) is 2. The van der Waals surface area contributed by atoms with Crippen molar-refractivity contribution in [3.05, 3.63) is 57.8 Å². The zero-order valence-corrected chi connectivity index (χ0v) is 19.7. The van der Waals surface area contributed by atoms with E-state index in [0.29, 0.717) is 11.6 Å². The van der Waals surface area contributed by atoms with Crippen LogP contribution in [0.4, 0.5) is 0 Å². The molecular weight excluding hydrogens is 406 g/mol. The molecule has 3 rings (SSSR count). The average molecular weight is 442 g/mol. The van der Waals surface area contributed by atoms with E-state index in [4.69, 9.17) is 0 Å². The van der Waals surface area contributed by atoms with Crippen molar-refractivity contribution in [3.8, 4) is 0 Å². The van der Waals surface area contributed by atoms with Crippen LogP contribution >= 0.6 is 11.3 Å². The number of carbonyl (C=O) groups excluding carboxylic acids is 1. The molecule has 1 aliphatic heterocycles. The number of benzene rings is 1. The molecule has 2 aromatic rings. The maximum atomic E-state index is 11.8. The van der Waals surface area contributed by atoms with Crippen LogP contribution in [-0.2, 0) is 6.42 Å². The molecule has 1 unspecified atom stereocenters. The van der Waals surface area contributed by atoms with Gasteiger partial charge < -0.3 is 16.0 Å². The van der Waals surface area contributed by atoms with E-state index in [1.165, 1.54) is 17.7 Å². The molecule has 168 valence electrons. The monoisotopic (exact) mass is 441 g/mol. The number of piperidine rings is 1. The van der Waals surface area contributed by atoms with Gasteiger partial charge in [-0.25, -0.2) is 0 Å². The number of hydrogen-bond donors (Lipinski definition) is 3. The summed E-state index contributed by atoms with van der Waals surface area (Å²) in [7, 11) is 3.46. The number of nitrogens with one attached hydrogen (secondary N) is 3. The Hall–Kier alpha value is -2.38. The van der Waals surface area contributed by atoms with Crippen LogP contribution in [0.1, 0.15) is 46.6 Å². The lowest BCUT2D eigenvalue weighted by molar-refractivity contribution is 0.0963. The number of likely N-dealkylation sites (tertiary alicyclic amines) is 1. The molecule has 0 bridgehead atoms. The minimum absolute atomic E-state index is 0.0565. The van der Waals surface area contributed by atoms with Crippen molar-refractivity contribution in [3.63, 3.8) is 0 Å². The molecule has 6 nitrogen and oxygen atoms in total. The van der Waals surface area contributed by atoms with Crippen LogP contribution in [0.3, 0.4) is 0 Å². The third kappa shape index (κ3) is 6.80. The molecule has 1 aliphatic rings. The van der Waals surface area contributed by atoms with Gasteiger partial charge in [0.1, 0.15) is 0 Å². The van der Waals surface area contributed by atoms with Crippen LogP contribution in [0.25, 0.3) is 0 Å². The van der Waals surface area contributed by atoms with Gasteiger partial charge in [0.05, 0.1) is 6.04 Å². The maximum absolute atomic E-state index is 11.8. The highest BCUT2D eigenvalue weighted by Crippen LogP contribution is 2.29. The van der Waals surface area contributed by atoms with Crippen LogP contribution < -0.4 is 16.0 Å². The summed E-state index contributed by atoms with van der Waals surface area (Å²) >= 11 is 1.83. The van der Waals surface area contributed by atoms with Gasteiger partial charge >= 0.3 is 0 Å². The number of aliphatic imine (C=N–C) groups is 1. The molecule has 0 aliphatic carbocycles. The Labute approximate surface area is 190 Å². The van der Waals surface area contributed by atoms with E-state index in [2.05, 4.69) is 56.3 Å². The minimum atomic E-state index is -0.0565. The first kappa shape index (κ1) is 23.3. The summed E-state index contributed by atoms with van der Waals surface area (Å²) in [5, 5.41) is 11.8. The number of carbonyl (C=O) groups is 1. The number of hydrogen-bond acceptors (Lipinski definition) is 4. The summed E-state index contributed by atoms with van der Waals surface area (Å²) in [6, 6.07) is 12.5. The highest BCUT2D eigenvalue weighted by Gasteiger charge is 2.25. The van der Waals surface area contributed by atoms with Gasteiger partial charge in [-0.15, -0.1) is 11.3 Å². The second-order valence-electron chi connectivity index (χ2n) is 8.16. The highest BCUT2D eigenvalue weighted by atomic mass is 32.1. The molecule has 0 radical (unpaired) electrons. The van der Waals surface area contributed by atoms with Gasteiger partial charge in [0, 0.05) is 37.6 Å². The Bertz CT molecular complexity index is 843. The van der Waals surface area contributed by atoms with Crippen LogP contribution in [0.15, 0.2) is 46.8 Å². The van der Waals surface area contributed by atoms with Crippen molar-refractivity contribution in [2.75, 3.05) is 40.3 Å². The molecule has 1 amide bonds. The second-order valence-corrected chi connectivity index (χ2v) is 9.14. The van der Waals surface area contributed by atoms with E-state index in [9.17, 15) is 4.79 Å². The lowest BCUT2D eigenvalue weighted by Gasteiger charge is -2.36. The van der Waals surface area contributed by atoms with Crippen molar-refractivity contribution in [1.29, 1.82) is 0 Å². The SMILES string of the molecule is CN=C(NCCc1cccc(C(=O)NC)c1)NCC(c1cccs1)N1CCC(C)CC1. The van der Waals surface area contributed by atoms with Crippen LogP contribution in [0.2, 0.25) is 0 Å². The smallest absolute Gasteiger partial charge is 0.251 e. The predicted molar refractivity (Wildman–Crippen MR) is 130 cm³/mol. The van der Waals surface area contributed by atoms with Crippen LogP contribution in [0.5, 0.6) is 0 Å². The van der Waals surface area contributed by atoms with Gasteiger partial charge in [0.25, 0.3) is 5.91 Å². The van der Waals surface area contributed by atoms with Crippen molar-refractivity contribution in [2.24, 2.45) is 10.9 Å². The molecule has 31 heavy (non-hydrogen) atoms. The third-order valence-corrected chi connectivity index (χ3v) is 6.91. The first-order chi connectivity index (χ1) is 15.1. The third-order valence-electron chi connectivity index (χ3n) is 5.94. The zero-order chi connectivity index (χ0) is 22.1. The van der Waals surface area contributed by atoms with E-state index in [0.717, 1.165) is 50.0 Å². The number of guanidine groups is 1. The molecule has 1 aromatic heterocycles. The summed E-state index contributed by atoms with van der Waals surface area (Å²) in [5.74, 6) is 1.58. The summed E-state index contributed by atoms with van der Waals surface area (Å²) in [6.07, 6.45) is 3.36. The molecule has 0 saturated carbocycles. The minimum Gasteiger partial charge on any atom is -0.356 e. The molecular formula is C24H35N5OS. The number of thiophene rings is 1. The fourth-order valence-corrected chi connectivity index (χ4v) is 4.84. The number of rotatable bonds is 8. The Morgan fingerprint density at radius 2 is 2.03 bits per heavy atom. The Balaban J connectivity index is 1.52. The molecule has 2 heterocycles. The van der Waals surface area contributed by atoms with Gasteiger partial charge in [-0.2, -0.15) is 0 Å². The van der Waals surface area contributed by atoms with E-state index in [1.54, 1.807) is 7.05 Å². The first-order valence-corrected chi connectivity index (χ1v) is 12.0. The molecule has 1 saturated heterocycles. The quantitative estimate of drug-likeness (QED) is 0.434. The Kier molecular flexibility index (Phi) is 8.91. The van der Waals surface area contributed by atoms with Crippen molar-refractivity contribution in [2.45, 2.75) is 32.2 Å². The summed E-state index contributed by atoms with van der Waals surface area (Å²) in [4.78, 5) is 20.2. The normalized spacial score (nSPS) is 16.7. The summed E-state index contributed by atoms with van der Waals surface area (Å²) in [6.45, 7) is 6.24. The summed E-state index contributed by atoms with van der Waals surface area (Å²) < 4.78 is 0. The first-order valence-electron chi connectivity index (χ1n) is 11.1. The average Bonchev–Trinajstić information content (AvgIpc) is 3.33. The molecule has 0 spiro atoms. The van der Waals surface area contributed by atoms with Gasteiger partial charge in [-0.1, -0.05) is 25.1 Å². The Morgan fingerprint density at radius 1 is 1.23 bits per heavy atom. The van der Waals surface area contributed by atoms with Crippen molar-refractivity contribution in [1.82, 2.24) is 20.9 Å². The predicted octanol–water partition coefficient (Wildman–Crippen LogP) is 3.29. The van der Waals surface area contributed by atoms with Crippen LogP contribution in [-0.4, -0.2) is 57.0 Å². The van der Waals surface area contributed by atoms with Gasteiger partial charge in [-0.3, -0.25) is 14.7 Å². The second kappa shape index (κ2) is 11.9. The zero-order valence-electron chi connectivity index (χ0n) is 18.9. The standard InChI is InChI=1S/C24H35N5OS/c1-18-10-13-29(14-11-18)21(22-8-5-15-31-22)17-28-24(26-3)27-12-9-19-6-4-7-20(16-19)23(30)25-2/h4-8,15-16,18,21H,9-14,17H2,1-3H3,(H,25,30)(H2,26,27,28). The van der Waals surface area contributed by atoms with Gasteiger partial charge in [-0.05, 0) is 67.4 Å². The van der Waals surface area contributed by atoms with E-state index >= 15 is 0 Å².